The molecule has 0 amide bonds. The van der Waals surface area contributed by atoms with Gasteiger partial charge in [0.05, 0.1) is 6.67 Å². The number of nitrogens with two attached hydrogens (primary N) is 1. The van der Waals surface area contributed by atoms with Gasteiger partial charge in [0.15, 0.2) is 0 Å². The molecular weight excluding hydrogens is 150 g/mol. The number of hydrogen-bond donors (Lipinski definition) is 3. The van der Waals surface area contributed by atoms with Gasteiger partial charge in [-0.25, -0.2) is 5.43 Å². The van der Waals surface area contributed by atoms with E-state index in [0.29, 0.717) is 6.67 Å². The summed E-state index contributed by atoms with van der Waals surface area (Å²) in [6, 6.07) is 8.32. The van der Waals surface area contributed by atoms with Gasteiger partial charge in [0.2, 0.25) is 0 Å². The maximum atomic E-state index is 5.12. The lowest BCUT2D eigenvalue weighted by Gasteiger charge is -2.05. The number of nitrogens with one attached hydrogen (secondary N) is 2. The molecule has 0 unspecified atom stereocenters. The van der Waals surface area contributed by atoms with Crippen molar-refractivity contribution < 1.29 is 0 Å². The third-order valence-corrected chi connectivity index (χ3v) is 1.76. The molecule has 0 heterocycles. The minimum Gasteiger partial charge on any atom is -0.371 e. The fourth-order valence-electron chi connectivity index (χ4n) is 1.01. The van der Waals surface area contributed by atoms with Crippen molar-refractivity contribution in [2.75, 3.05) is 12.0 Å². The van der Waals surface area contributed by atoms with Crippen LogP contribution in [0.25, 0.3) is 0 Å². The molecule has 0 aliphatic rings. The highest BCUT2D eigenvalue weighted by atomic mass is 15.3. The first kappa shape index (κ1) is 9.03. The molecule has 3 nitrogen and oxygen atoms in total. The largest absolute Gasteiger partial charge is 0.371 e. The number of rotatable bonds is 4. The van der Waals surface area contributed by atoms with Crippen molar-refractivity contribution in [1.29, 1.82) is 0 Å². The number of hydrogen-bond acceptors (Lipinski definition) is 3. The van der Waals surface area contributed by atoms with E-state index < -0.39 is 0 Å². The molecule has 0 bridgehead atoms. The van der Waals surface area contributed by atoms with Crippen molar-refractivity contribution in [2.45, 2.75) is 13.3 Å². The van der Waals surface area contributed by atoms with Gasteiger partial charge < -0.3 is 5.32 Å². The predicted octanol–water partition coefficient (Wildman–Crippen LogP) is 1.08. The first-order valence-corrected chi connectivity index (χ1v) is 4.13. The third-order valence-electron chi connectivity index (χ3n) is 1.76. The molecular formula is C9H15N3. The van der Waals surface area contributed by atoms with Crippen molar-refractivity contribution in [3.05, 3.63) is 29.8 Å². The summed E-state index contributed by atoms with van der Waals surface area (Å²) in [7, 11) is 0. The molecule has 1 aromatic carbocycles. The molecule has 66 valence electrons. The van der Waals surface area contributed by atoms with Crippen LogP contribution in [0.5, 0.6) is 0 Å². The van der Waals surface area contributed by atoms with E-state index in [1.807, 2.05) is 0 Å². The van der Waals surface area contributed by atoms with Crippen LogP contribution in [0.3, 0.4) is 0 Å². The van der Waals surface area contributed by atoms with Crippen molar-refractivity contribution in [1.82, 2.24) is 5.43 Å². The lowest BCUT2D eigenvalue weighted by Crippen LogP contribution is -2.28. The monoisotopic (exact) mass is 165 g/mol. The molecule has 3 heteroatoms. The van der Waals surface area contributed by atoms with Crippen LogP contribution < -0.4 is 16.6 Å². The van der Waals surface area contributed by atoms with Gasteiger partial charge in [0.1, 0.15) is 0 Å². The first-order valence-electron chi connectivity index (χ1n) is 4.13. The summed E-state index contributed by atoms with van der Waals surface area (Å²) in [5.41, 5.74) is 4.97. The summed E-state index contributed by atoms with van der Waals surface area (Å²) in [4.78, 5) is 0. The molecule has 0 saturated heterocycles. The second-order valence-electron chi connectivity index (χ2n) is 2.61. The molecule has 0 atom stereocenters. The van der Waals surface area contributed by atoms with Crippen LogP contribution in [0.4, 0.5) is 5.69 Å². The van der Waals surface area contributed by atoms with Crippen molar-refractivity contribution >= 4 is 5.69 Å². The summed E-state index contributed by atoms with van der Waals surface area (Å²) in [6.07, 6.45) is 1.08. The van der Waals surface area contributed by atoms with Crippen LogP contribution in [-0.2, 0) is 6.42 Å². The van der Waals surface area contributed by atoms with Crippen molar-refractivity contribution in [3.63, 3.8) is 0 Å². The van der Waals surface area contributed by atoms with Crippen LogP contribution in [0.2, 0.25) is 0 Å². The highest BCUT2D eigenvalue weighted by Crippen LogP contribution is 2.08. The van der Waals surface area contributed by atoms with Crippen LogP contribution >= 0.6 is 0 Å². The minimum atomic E-state index is 0.589. The van der Waals surface area contributed by atoms with Crippen molar-refractivity contribution in [3.8, 4) is 0 Å². The molecule has 0 saturated carbocycles. The SMILES string of the molecule is CCc1ccc(NCNN)cc1. The lowest BCUT2D eigenvalue weighted by molar-refractivity contribution is 0.790. The Bertz CT molecular complexity index is 218. The maximum absolute atomic E-state index is 5.12. The molecule has 0 aromatic heterocycles. The zero-order valence-corrected chi connectivity index (χ0v) is 7.30. The van der Waals surface area contributed by atoms with Crippen LogP contribution in [0.1, 0.15) is 12.5 Å². The Kier molecular flexibility index (Phi) is 3.57. The van der Waals surface area contributed by atoms with Gasteiger partial charge in [-0.3, -0.25) is 5.84 Å². The molecule has 0 aliphatic carbocycles. The van der Waals surface area contributed by atoms with E-state index >= 15 is 0 Å². The van der Waals surface area contributed by atoms with Crippen LogP contribution in [0, 0.1) is 0 Å². The normalized spacial score (nSPS) is 9.83. The van der Waals surface area contributed by atoms with Gasteiger partial charge in [-0.05, 0) is 24.1 Å². The van der Waals surface area contributed by atoms with Gasteiger partial charge in [0.25, 0.3) is 0 Å². The molecule has 0 aliphatic heterocycles. The summed E-state index contributed by atoms with van der Waals surface area (Å²) in [5, 5.41) is 3.11. The zero-order valence-electron chi connectivity index (χ0n) is 7.30. The van der Waals surface area contributed by atoms with E-state index in [1.165, 1.54) is 5.56 Å². The Morgan fingerprint density at radius 2 is 1.92 bits per heavy atom. The standard InChI is InChI=1S/C9H15N3/c1-2-8-3-5-9(6-4-8)11-7-12-10/h3-6,11-12H,2,7,10H2,1H3. The topological polar surface area (TPSA) is 50.1 Å². The highest BCUT2D eigenvalue weighted by Gasteiger charge is 1.90. The molecule has 12 heavy (non-hydrogen) atoms. The average molecular weight is 165 g/mol. The second-order valence-corrected chi connectivity index (χ2v) is 2.61. The zero-order chi connectivity index (χ0) is 8.81. The van der Waals surface area contributed by atoms with Gasteiger partial charge >= 0.3 is 0 Å². The van der Waals surface area contributed by atoms with Gasteiger partial charge in [0, 0.05) is 5.69 Å². The van der Waals surface area contributed by atoms with Crippen molar-refractivity contribution in [2.24, 2.45) is 5.84 Å². The van der Waals surface area contributed by atoms with Crippen LogP contribution in [0.15, 0.2) is 24.3 Å². The molecule has 0 spiro atoms. The number of anilines is 1. The molecule has 0 radical (unpaired) electrons. The van der Waals surface area contributed by atoms with E-state index in [4.69, 9.17) is 5.84 Å². The smallest absolute Gasteiger partial charge is 0.0780 e. The number of hydrazine groups is 1. The van der Waals surface area contributed by atoms with Crippen LogP contribution in [-0.4, -0.2) is 6.67 Å². The fraction of sp³-hybridized carbons (Fsp3) is 0.333. The quantitative estimate of drug-likeness (QED) is 0.355. The van der Waals surface area contributed by atoms with E-state index in [0.717, 1.165) is 12.1 Å². The Morgan fingerprint density at radius 1 is 1.25 bits per heavy atom. The summed E-state index contributed by atoms with van der Waals surface area (Å²) in [5.74, 6) is 5.12. The Labute approximate surface area is 72.9 Å². The maximum Gasteiger partial charge on any atom is 0.0780 e. The fourth-order valence-corrected chi connectivity index (χ4v) is 1.01. The first-order chi connectivity index (χ1) is 5.86. The molecule has 1 rings (SSSR count). The summed E-state index contributed by atoms with van der Waals surface area (Å²) < 4.78 is 0. The molecule has 0 fully saturated rings. The highest BCUT2D eigenvalue weighted by molar-refractivity contribution is 5.44. The Balaban J connectivity index is 2.53. The third kappa shape index (κ3) is 2.53. The van der Waals surface area contributed by atoms with E-state index in [9.17, 15) is 0 Å². The second kappa shape index (κ2) is 4.74. The van der Waals surface area contributed by atoms with E-state index in [2.05, 4.69) is 41.9 Å². The summed E-state index contributed by atoms with van der Waals surface area (Å²) >= 11 is 0. The van der Waals surface area contributed by atoms with E-state index in [-0.39, 0.29) is 0 Å². The lowest BCUT2D eigenvalue weighted by atomic mass is 10.1. The predicted molar refractivity (Wildman–Crippen MR) is 51.6 cm³/mol. The Morgan fingerprint density at radius 3 is 2.42 bits per heavy atom. The average Bonchev–Trinajstić information content (AvgIpc) is 2.15. The molecule has 4 N–H and O–H groups in total. The molecule has 1 aromatic rings. The van der Waals surface area contributed by atoms with Gasteiger partial charge in [-0.1, -0.05) is 19.1 Å². The van der Waals surface area contributed by atoms with Gasteiger partial charge in [-0.2, -0.15) is 0 Å². The Hall–Kier alpha value is -1.06. The minimum absolute atomic E-state index is 0.589. The van der Waals surface area contributed by atoms with Gasteiger partial charge in [-0.15, -0.1) is 0 Å². The number of benzene rings is 1. The number of aryl methyl sites for hydroxylation is 1. The summed E-state index contributed by atoms with van der Waals surface area (Å²) in [6.45, 7) is 2.73. The van der Waals surface area contributed by atoms with E-state index in [1.54, 1.807) is 0 Å².